The molecule has 0 bridgehead atoms. The van der Waals surface area contributed by atoms with E-state index in [1.165, 1.54) is 0 Å². The summed E-state index contributed by atoms with van der Waals surface area (Å²) in [6.07, 6.45) is 3.45. The van der Waals surface area contributed by atoms with Gasteiger partial charge in [-0.3, -0.25) is 4.21 Å². The van der Waals surface area contributed by atoms with Gasteiger partial charge in [0.15, 0.2) is 5.16 Å². The Balaban J connectivity index is 2.93. The van der Waals surface area contributed by atoms with Gasteiger partial charge in [0, 0.05) is 25.2 Å². The molecule has 1 unspecified atom stereocenters. The molecule has 0 radical (unpaired) electrons. The molecule has 10 heavy (non-hydrogen) atoms. The molecular weight excluding hydrogens is 148 g/mol. The van der Waals surface area contributed by atoms with Gasteiger partial charge in [-0.15, -0.1) is 0 Å². The van der Waals surface area contributed by atoms with Crippen molar-refractivity contribution in [3.05, 3.63) is 12.4 Å². The van der Waals surface area contributed by atoms with E-state index >= 15 is 0 Å². The molecule has 0 fully saturated rings. The number of aryl methyl sites for hydroxylation is 1. The van der Waals surface area contributed by atoms with Crippen LogP contribution in [0, 0.1) is 0 Å². The lowest BCUT2D eigenvalue weighted by Gasteiger charge is -1.96. The number of nitrogens with zero attached hydrogens (tertiary/aromatic N) is 2. The largest absolute Gasteiger partial charge is 0.327 e. The summed E-state index contributed by atoms with van der Waals surface area (Å²) in [5.41, 5.74) is 0. The van der Waals surface area contributed by atoms with Crippen molar-refractivity contribution in [2.24, 2.45) is 7.05 Å². The fourth-order valence-electron chi connectivity index (χ4n) is 0.700. The Hall–Kier alpha value is -0.640. The molecule has 0 aromatic carbocycles. The molecule has 1 aromatic rings. The fraction of sp³-hybridized carbons (Fsp3) is 0.500. The Bertz CT molecular complexity index is 244. The highest BCUT2D eigenvalue weighted by atomic mass is 32.2. The van der Waals surface area contributed by atoms with Gasteiger partial charge in [-0.1, -0.05) is 6.92 Å². The summed E-state index contributed by atoms with van der Waals surface area (Å²) in [4.78, 5) is 3.95. The minimum absolute atomic E-state index is 0.630. The topological polar surface area (TPSA) is 34.9 Å². The minimum Gasteiger partial charge on any atom is -0.327 e. The maximum atomic E-state index is 11.1. The average Bonchev–Trinajstić information content (AvgIpc) is 2.34. The molecule has 0 amide bonds. The maximum absolute atomic E-state index is 11.1. The first kappa shape index (κ1) is 7.47. The van der Waals surface area contributed by atoms with Crippen molar-refractivity contribution in [3.63, 3.8) is 0 Å². The zero-order chi connectivity index (χ0) is 7.56. The van der Waals surface area contributed by atoms with E-state index in [9.17, 15) is 4.21 Å². The standard InChI is InChI=1S/C6H10N2OS/c1-3-10(9)6-7-4-5-8(6)2/h4-5H,3H2,1-2H3. The van der Waals surface area contributed by atoms with E-state index in [1.807, 2.05) is 14.0 Å². The summed E-state index contributed by atoms with van der Waals surface area (Å²) < 4.78 is 12.9. The van der Waals surface area contributed by atoms with Gasteiger partial charge in [-0.05, 0) is 0 Å². The maximum Gasteiger partial charge on any atom is 0.198 e. The molecular formula is C6H10N2OS. The molecule has 0 N–H and O–H groups in total. The summed E-state index contributed by atoms with van der Waals surface area (Å²) in [5, 5.41) is 0.655. The van der Waals surface area contributed by atoms with Gasteiger partial charge >= 0.3 is 0 Å². The molecule has 0 saturated carbocycles. The van der Waals surface area contributed by atoms with Crippen LogP contribution in [0.5, 0.6) is 0 Å². The van der Waals surface area contributed by atoms with Crippen molar-refractivity contribution >= 4 is 10.8 Å². The van der Waals surface area contributed by atoms with Crippen LogP contribution in [0.4, 0.5) is 0 Å². The van der Waals surface area contributed by atoms with Crippen molar-refractivity contribution in [3.8, 4) is 0 Å². The summed E-state index contributed by atoms with van der Waals surface area (Å²) >= 11 is 0. The Morgan fingerprint density at radius 2 is 2.50 bits per heavy atom. The third kappa shape index (κ3) is 1.26. The average molecular weight is 158 g/mol. The first-order valence-electron chi connectivity index (χ1n) is 3.11. The Morgan fingerprint density at radius 3 is 2.90 bits per heavy atom. The zero-order valence-corrected chi connectivity index (χ0v) is 6.89. The predicted molar refractivity (Wildman–Crippen MR) is 40.2 cm³/mol. The van der Waals surface area contributed by atoms with Crippen molar-refractivity contribution in [2.45, 2.75) is 12.1 Å². The van der Waals surface area contributed by atoms with Crippen LogP contribution in [-0.2, 0) is 17.8 Å². The number of hydrogen-bond acceptors (Lipinski definition) is 2. The molecule has 3 nitrogen and oxygen atoms in total. The monoisotopic (exact) mass is 158 g/mol. The van der Waals surface area contributed by atoms with Crippen molar-refractivity contribution in [1.29, 1.82) is 0 Å². The second kappa shape index (κ2) is 2.96. The summed E-state index contributed by atoms with van der Waals surface area (Å²) in [6.45, 7) is 1.88. The van der Waals surface area contributed by atoms with Gasteiger partial charge in [0.25, 0.3) is 0 Å². The van der Waals surface area contributed by atoms with Crippen LogP contribution >= 0.6 is 0 Å². The summed E-state index contributed by atoms with van der Waals surface area (Å²) in [5.74, 6) is 0.630. The van der Waals surface area contributed by atoms with Crippen LogP contribution < -0.4 is 0 Å². The van der Waals surface area contributed by atoms with Crippen molar-refractivity contribution < 1.29 is 4.21 Å². The first-order chi connectivity index (χ1) is 4.75. The van der Waals surface area contributed by atoms with Gasteiger partial charge in [0.2, 0.25) is 0 Å². The van der Waals surface area contributed by atoms with E-state index in [2.05, 4.69) is 4.98 Å². The molecule has 1 atom stereocenters. The number of imidazole rings is 1. The molecule has 0 aliphatic carbocycles. The van der Waals surface area contributed by atoms with E-state index in [-0.39, 0.29) is 0 Å². The predicted octanol–water partition coefficient (Wildman–Crippen LogP) is 0.548. The SMILES string of the molecule is CCS(=O)c1nccn1C. The van der Waals surface area contributed by atoms with E-state index in [0.717, 1.165) is 0 Å². The second-order valence-corrected chi connectivity index (χ2v) is 3.59. The Labute approximate surface area is 62.5 Å². The molecule has 1 aromatic heterocycles. The third-order valence-electron chi connectivity index (χ3n) is 1.24. The third-order valence-corrected chi connectivity index (χ3v) is 2.57. The van der Waals surface area contributed by atoms with Gasteiger partial charge in [0.1, 0.15) is 0 Å². The van der Waals surface area contributed by atoms with E-state index in [0.29, 0.717) is 10.9 Å². The van der Waals surface area contributed by atoms with E-state index in [1.54, 1.807) is 17.0 Å². The zero-order valence-electron chi connectivity index (χ0n) is 6.07. The number of aromatic nitrogens is 2. The molecule has 4 heteroatoms. The lowest BCUT2D eigenvalue weighted by atomic mass is 10.9. The Morgan fingerprint density at radius 1 is 1.80 bits per heavy atom. The lowest BCUT2D eigenvalue weighted by molar-refractivity contribution is 0.666. The highest BCUT2D eigenvalue weighted by Gasteiger charge is 2.04. The van der Waals surface area contributed by atoms with Crippen molar-refractivity contribution in [2.75, 3.05) is 5.75 Å². The summed E-state index contributed by atoms with van der Waals surface area (Å²) in [7, 11) is 0.924. The first-order valence-corrected chi connectivity index (χ1v) is 4.43. The molecule has 0 spiro atoms. The minimum atomic E-state index is -0.919. The molecule has 0 saturated heterocycles. The van der Waals surface area contributed by atoms with E-state index in [4.69, 9.17) is 0 Å². The molecule has 56 valence electrons. The number of rotatable bonds is 2. The van der Waals surface area contributed by atoms with Gasteiger partial charge < -0.3 is 4.57 Å². The molecule has 0 aliphatic heterocycles. The summed E-state index contributed by atoms with van der Waals surface area (Å²) in [6, 6.07) is 0. The molecule has 1 rings (SSSR count). The normalized spacial score (nSPS) is 13.4. The molecule has 1 heterocycles. The highest BCUT2D eigenvalue weighted by Crippen LogP contribution is 2.00. The van der Waals surface area contributed by atoms with E-state index < -0.39 is 10.8 Å². The molecule has 0 aliphatic rings. The fourth-order valence-corrected chi connectivity index (χ4v) is 1.52. The highest BCUT2D eigenvalue weighted by molar-refractivity contribution is 7.84. The van der Waals surface area contributed by atoms with Crippen molar-refractivity contribution in [1.82, 2.24) is 9.55 Å². The Kier molecular flexibility index (Phi) is 2.21. The number of hydrogen-bond donors (Lipinski definition) is 0. The van der Waals surface area contributed by atoms with Crippen LogP contribution in [0.15, 0.2) is 17.6 Å². The van der Waals surface area contributed by atoms with Crippen LogP contribution in [0.2, 0.25) is 0 Å². The van der Waals surface area contributed by atoms with Crippen LogP contribution in [0.3, 0.4) is 0 Å². The van der Waals surface area contributed by atoms with Gasteiger partial charge in [-0.2, -0.15) is 0 Å². The van der Waals surface area contributed by atoms with Crippen LogP contribution in [0.25, 0.3) is 0 Å². The van der Waals surface area contributed by atoms with Gasteiger partial charge in [-0.25, -0.2) is 4.98 Å². The second-order valence-electron chi connectivity index (χ2n) is 1.95. The smallest absolute Gasteiger partial charge is 0.198 e. The van der Waals surface area contributed by atoms with Crippen LogP contribution in [0.1, 0.15) is 6.92 Å². The van der Waals surface area contributed by atoms with Gasteiger partial charge in [0.05, 0.1) is 10.8 Å². The quantitative estimate of drug-likeness (QED) is 0.630. The lowest BCUT2D eigenvalue weighted by Crippen LogP contribution is -2.02. The van der Waals surface area contributed by atoms with Crippen LogP contribution in [-0.4, -0.2) is 19.5 Å².